The Balaban J connectivity index is 1.70. The quantitative estimate of drug-likeness (QED) is 0.279. The summed E-state index contributed by atoms with van der Waals surface area (Å²) < 4.78 is 16.0. The summed E-state index contributed by atoms with van der Waals surface area (Å²) in [6.45, 7) is 6.36. The number of rotatable bonds is 9. The Morgan fingerprint density at radius 3 is 2.29 bits per heavy atom. The highest BCUT2D eigenvalue weighted by Crippen LogP contribution is 2.23. The van der Waals surface area contributed by atoms with Crippen molar-refractivity contribution in [1.82, 2.24) is 4.98 Å². The lowest BCUT2D eigenvalue weighted by Crippen LogP contribution is -2.24. The van der Waals surface area contributed by atoms with Crippen molar-refractivity contribution in [2.24, 2.45) is 0 Å². The maximum absolute atomic E-state index is 11.5. The van der Waals surface area contributed by atoms with Gasteiger partial charge in [0.25, 0.3) is 5.69 Å². The number of carbonyl (C=O) groups excluding carboxylic acids is 1. The fourth-order valence-corrected chi connectivity index (χ4v) is 2.27. The minimum Gasteiger partial charge on any atom is -0.475 e. The van der Waals surface area contributed by atoms with Crippen LogP contribution in [0.25, 0.3) is 11.1 Å². The van der Waals surface area contributed by atoms with E-state index in [1.54, 1.807) is 24.4 Å². The molecule has 0 aliphatic carbocycles. The molecular formula is C20H24N2O6. The number of hydrogen-bond donors (Lipinski definition) is 0. The minimum atomic E-state index is -0.494. The van der Waals surface area contributed by atoms with E-state index in [9.17, 15) is 14.9 Å². The molecule has 0 saturated carbocycles. The number of carbonyl (C=O) groups is 1. The van der Waals surface area contributed by atoms with Crippen LogP contribution in [0.1, 0.15) is 27.2 Å². The molecule has 0 fully saturated rings. The summed E-state index contributed by atoms with van der Waals surface area (Å²) >= 11 is 0. The molecule has 1 aromatic heterocycles. The van der Waals surface area contributed by atoms with Crippen molar-refractivity contribution < 1.29 is 23.9 Å². The SMILES string of the molecule is CC(C)(C)OC(=O)CCOCCOc1ccc(-c2ccc([N+](=O)[O-])cc2)cn1. The number of nitro groups is 1. The Morgan fingerprint density at radius 2 is 1.71 bits per heavy atom. The summed E-state index contributed by atoms with van der Waals surface area (Å²) in [4.78, 5) is 26.0. The van der Waals surface area contributed by atoms with E-state index in [0.717, 1.165) is 11.1 Å². The highest BCUT2D eigenvalue weighted by molar-refractivity contribution is 5.69. The van der Waals surface area contributed by atoms with Crippen LogP contribution in [-0.2, 0) is 14.3 Å². The monoisotopic (exact) mass is 388 g/mol. The summed E-state index contributed by atoms with van der Waals surface area (Å²) in [6.07, 6.45) is 1.83. The van der Waals surface area contributed by atoms with Crippen molar-refractivity contribution in [3.63, 3.8) is 0 Å². The summed E-state index contributed by atoms with van der Waals surface area (Å²) in [6, 6.07) is 9.80. The van der Waals surface area contributed by atoms with E-state index in [1.165, 1.54) is 12.1 Å². The largest absolute Gasteiger partial charge is 0.475 e. The first kappa shape index (κ1) is 21.3. The van der Waals surface area contributed by atoms with Crippen LogP contribution in [0.15, 0.2) is 42.6 Å². The molecule has 8 nitrogen and oxygen atoms in total. The fourth-order valence-electron chi connectivity index (χ4n) is 2.27. The Hall–Kier alpha value is -3.00. The topological polar surface area (TPSA) is 101 Å². The lowest BCUT2D eigenvalue weighted by atomic mass is 10.1. The maximum atomic E-state index is 11.5. The van der Waals surface area contributed by atoms with Gasteiger partial charge in [-0.25, -0.2) is 4.98 Å². The average molecular weight is 388 g/mol. The van der Waals surface area contributed by atoms with Gasteiger partial charge in [-0.1, -0.05) is 0 Å². The van der Waals surface area contributed by atoms with Crippen LogP contribution in [0, 0.1) is 10.1 Å². The molecule has 0 atom stereocenters. The Bertz CT molecular complexity index is 782. The Kier molecular flexibility index (Phi) is 7.45. The van der Waals surface area contributed by atoms with Crippen LogP contribution < -0.4 is 4.74 Å². The smallest absolute Gasteiger partial charge is 0.308 e. The van der Waals surface area contributed by atoms with Crippen molar-refractivity contribution in [2.75, 3.05) is 19.8 Å². The van der Waals surface area contributed by atoms with Gasteiger partial charge in [-0.3, -0.25) is 14.9 Å². The second-order valence-corrected chi connectivity index (χ2v) is 6.99. The third kappa shape index (κ3) is 7.32. The zero-order valence-electron chi connectivity index (χ0n) is 16.2. The first-order valence-corrected chi connectivity index (χ1v) is 8.88. The molecule has 0 aliphatic heterocycles. The predicted molar refractivity (Wildman–Crippen MR) is 103 cm³/mol. The standard InChI is InChI=1S/C20H24N2O6/c1-20(2,3)28-19(23)10-11-26-12-13-27-18-9-6-16(14-21-18)15-4-7-17(8-5-15)22(24)25/h4-9,14H,10-13H2,1-3H3. The number of hydrogen-bond acceptors (Lipinski definition) is 7. The van der Waals surface area contributed by atoms with Gasteiger partial charge in [-0.2, -0.15) is 0 Å². The number of ether oxygens (including phenoxy) is 3. The van der Waals surface area contributed by atoms with Gasteiger partial charge in [0.2, 0.25) is 5.88 Å². The van der Waals surface area contributed by atoms with E-state index in [0.29, 0.717) is 19.1 Å². The van der Waals surface area contributed by atoms with E-state index < -0.39 is 10.5 Å². The maximum Gasteiger partial charge on any atom is 0.308 e. The number of pyridine rings is 1. The molecule has 0 aliphatic rings. The van der Waals surface area contributed by atoms with Crippen molar-refractivity contribution in [1.29, 1.82) is 0 Å². The van der Waals surface area contributed by atoms with Crippen LogP contribution in [0.3, 0.4) is 0 Å². The normalized spacial score (nSPS) is 11.1. The van der Waals surface area contributed by atoms with E-state index >= 15 is 0 Å². The molecular weight excluding hydrogens is 364 g/mol. The van der Waals surface area contributed by atoms with E-state index in [1.807, 2.05) is 26.8 Å². The zero-order chi connectivity index (χ0) is 20.6. The van der Waals surface area contributed by atoms with Gasteiger partial charge < -0.3 is 14.2 Å². The third-order valence-electron chi connectivity index (χ3n) is 3.50. The number of esters is 1. The number of nitrogens with zero attached hydrogens (tertiary/aromatic N) is 2. The molecule has 0 amide bonds. The van der Waals surface area contributed by atoms with Crippen LogP contribution in [0.5, 0.6) is 5.88 Å². The molecule has 0 saturated heterocycles. The molecule has 28 heavy (non-hydrogen) atoms. The second kappa shape index (κ2) is 9.80. The van der Waals surface area contributed by atoms with Crippen LogP contribution in [0.4, 0.5) is 5.69 Å². The molecule has 8 heteroatoms. The van der Waals surface area contributed by atoms with Crippen molar-refractivity contribution >= 4 is 11.7 Å². The lowest BCUT2D eigenvalue weighted by Gasteiger charge is -2.19. The number of nitro benzene ring substituents is 1. The molecule has 0 N–H and O–H groups in total. The highest BCUT2D eigenvalue weighted by atomic mass is 16.6. The summed E-state index contributed by atoms with van der Waals surface area (Å²) in [5.74, 6) is 0.151. The minimum absolute atomic E-state index is 0.0448. The zero-order valence-corrected chi connectivity index (χ0v) is 16.2. The van der Waals surface area contributed by atoms with Gasteiger partial charge in [0, 0.05) is 30.0 Å². The first-order valence-electron chi connectivity index (χ1n) is 8.88. The predicted octanol–water partition coefficient (Wildman–Crippen LogP) is 3.78. The highest BCUT2D eigenvalue weighted by Gasteiger charge is 2.15. The summed E-state index contributed by atoms with van der Waals surface area (Å²) in [5.41, 5.74) is 1.21. The third-order valence-corrected chi connectivity index (χ3v) is 3.50. The number of aromatic nitrogens is 1. The van der Waals surface area contributed by atoms with Crippen molar-refractivity contribution in [3.8, 4) is 17.0 Å². The Labute approximate surface area is 163 Å². The van der Waals surface area contributed by atoms with Crippen molar-refractivity contribution in [3.05, 3.63) is 52.7 Å². The number of non-ortho nitro benzene ring substituents is 1. The second-order valence-electron chi connectivity index (χ2n) is 6.99. The van der Waals surface area contributed by atoms with E-state index in [2.05, 4.69) is 4.98 Å². The van der Waals surface area contributed by atoms with Gasteiger partial charge in [0.15, 0.2) is 0 Å². The summed E-state index contributed by atoms with van der Waals surface area (Å²) in [7, 11) is 0. The van der Waals surface area contributed by atoms with Crippen LogP contribution >= 0.6 is 0 Å². The van der Waals surface area contributed by atoms with Gasteiger partial charge in [-0.15, -0.1) is 0 Å². The molecule has 0 spiro atoms. The van der Waals surface area contributed by atoms with Crippen LogP contribution in [-0.4, -0.2) is 41.3 Å². The number of benzene rings is 1. The van der Waals surface area contributed by atoms with Crippen LogP contribution in [0.2, 0.25) is 0 Å². The van der Waals surface area contributed by atoms with Gasteiger partial charge >= 0.3 is 5.97 Å². The average Bonchev–Trinajstić information content (AvgIpc) is 2.63. The first-order chi connectivity index (χ1) is 13.2. The molecule has 150 valence electrons. The molecule has 2 rings (SSSR count). The molecule has 0 bridgehead atoms. The molecule has 0 unspecified atom stereocenters. The molecule has 2 aromatic rings. The molecule has 1 aromatic carbocycles. The van der Waals surface area contributed by atoms with Gasteiger partial charge in [0.1, 0.15) is 12.2 Å². The van der Waals surface area contributed by atoms with E-state index in [4.69, 9.17) is 14.2 Å². The lowest BCUT2D eigenvalue weighted by molar-refractivity contribution is -0.384. The van der Waals surface area contributed by atoms with Crippen molar-refractivity contribution in [2.45, 2.75) is 32.8 Å². The van der Waals surface area contributed by atoms with E-state index in [-0.39, 0.29) is 24.7 Å². The van der Waals surface area contributed by atoms with Gasteiger partial charge in [0.05, 0.1) is 24.6 Å². The fraction of sp³-hybridized carbons (Fsp3) is 0.400. The molecule has 0 radical (unpaired) electrons. The summed E-state index contributed by atoms with van der Waals surface area (Å²) in [5, 5.41) is 10.7. The Morgan fingerprint density at radius 1 is 1.04 bits per heavy atom. The van der Waals surface area contributed by atoms with Gasteiger partial charge in [-0.05, 0) is 44.5 Å². The molecule has 1 heterocycles.